The van der Waals surface area contributed by atoms with E-state index in [9.17, 15) is 8.42 Å². The van der Waals surface area contributed by atoms with Crippen molar-refractivity contribution in [1.82, 2.24) is 14.9 Å². The monoisotopic (exact) mass is 388 g/mol. The molecule has 0 aromatic heterocycles. The lowest BCUT2D eigenvalue weighted by atomic mass is 9.65. The Morgan fingerprint density at radius 1 is 1.27 bits per heavy atom. The van der Waals surface area contributed by atoms with Gasteiger partial charge in [0.25, 0.3) is 0 Å². The lowest BCUT2D eigenvalue weighted by molar-refractivity contribution is -0.0667. The molecule has 2 rings (SSSR count). The minimum absolute atomic E-state index is 0.00321. The number of hydrogen-bond acceptors (Lipinski definition) is 4. The molecule has 2 aliphatic heterocycles. The van der Waals surface area contributed by atoms with Crippen molar-refractivity contribution in [3.05, 3.63) is 0 Å². The van der Waals surface area contributed by atoms with Crippen molar-refractivity contribution < 1.29 is 13.2 Å². The molecule has 0 saturated carbocycles. The normalized spacial score (nSPS) is 25.7. The molecule has 7 nitrogen and oxygen atoms in total. The van der Waals surface area contributed by atoms with Crippen LogP contribution >= 0.6 is 0 Å². The van der Waals surface area contributed by atoms with Crippen LogP contribution in [0.4, 0.5) is 0 Å². The van der Waals surface area contributed by atoms with Crippen LogP contribution in [0.2, 0.25) is 0 Å². The molecule has 0 amide bonds. The van der Waals surface area contributed by atoms with Crippen LogP contribution < -0.4 is 10.0 Å². The molecular formula is C18H36N4O3S. The van der Waals surface area contributed by atoms with Crippen LogP contribution in [0.15, 0.2) is 4.99 Å². The average molecular weight is 389 g/mol. The fourth-order valence-electron chi connectivity index (χ4n) is 3.33. The summed E-state index contributed by atoms with van der Waals surface area (Å²) in [4.78, 5) is 6.79. The first-order valence-electron chi connectivity index (χ1n) is 9.74. The van der Waals surface area contributed by atoms with Crippen molar-refractivity contribution in [2.45, 2.75) is 65.5 Å². The summed E-state index contributed by atoms with van der Waals surface area (Å²) in [5, 5.41) is 3.29. The standard InChI is InChI=1S/C18H36N4O3S/c1-6-19-16(22-14-17(2,3)18(22,4)5)20-10-12-26(23,24)21-13-15-9-7-8-11-25-15/h15,21H,6-14H2,1-5H3,(H,19,20). The highest BCUT2D eigenvalue weighted by atomic mass is 32.2. The number of likely N-dealkylation sites (tertiary alicyclic amines) is 1. The molecule has 26 heavy (non-hydrogen) atoms. The third-order valence-electron chi connectivity index (χ3n) is 5.90. The number of guanidine groups is 1. The SMILES string of the molecule is CCNC(=NCCS(=O)(=O)NCC1CCCCO1)N1CC(C)(C)C1(C)C. The first kappa shape index (κ1) is 21.4. The van der Waals surface area contributed by atoms with E-state index in [2.05, 4.69) is 47.6 Å². The van der Waals surface area contributed by atoms with Crippen LogP contribution in [-0.2, 0) is 14.8 Å². The lowest BCUT2D eigenvalue weighted by Gasteiger charge is -2.62. The van der Waals surface area contributed by atoms with Gasteiger partial charge in [0.2, 0.25) is 10.0 Å². The number of sulfonamides is 1. The van der Waals surface area contributed by atoms with Gasteiger partial charge >= 0.3 is 0 Å². The quantitative estimate of drug-likeness (QED) is 0.511. The molecule has 2 fully saturated rings. The summed E-state index contributed by atoms with van der Waals surface area (Å²) in [7, 11) is -3.34. The Kier molecular flexibility index (Phi) is 6.96. The second-order valence-corrected chi connectivity index (χ2v) is 10.3. The van der Waals surface area contributed by atoms with E-state index in [-0.39, 0.29) is 29.4 Å². The summed E-state index contributed by atoms with van der Waals surface area (Å²) >= 11 is 0. The molecule has 2 aliphatic rings. The summed E-state index contributed by atoms with van der Waals surface area (Å²) in [5.74, 6) is 0.786. The van der Waals surface area contributed by atoms with E-state index in [1.807, 2.05) is 6.92 Å². The van der Waals surface area contributed by atoms with Gasteiger partial charge in [-0.15, -0.1) is 0 Å². The van der Waals surface area contributed by atoms with E-state index < -0.39 is 10.0 Å². The summed E-state index contributed by atoms with van der Waals surface area (Å²) in [6, 6.07) is 0. The zero-order valence-corrected chi connectivity index (χ0v) is 17.8. The number of rotatable bonds is 7. The van der Waals surface area contributed by atoms with E-state index in [0.717, 1.165) is 44.9 Å². The predicted molar refractivity (Wildman–Crippen MR) is 106 cm³/mol. The third-order valence-corrected chi connectivity index (χ3v) is 7.23. The van der Waals surface area contributed by atoms with Gasteiger partial charge in [-0.25, -0.2) is 13.1 Å². The van der Waals surface area contributed by atoms with Gasteiger partial charge in [0.05, 0.1) is 18.4 Å². The molecule has 0 spiro atoms. The highest BCUT2D eigenvalue weighted by Gasteiger charge is 2.53. The van der Waals surface area contributed by atoms with Crippen molar-refractivity contribution >= 4 is 16.0 Å². The Labute approximate surface area is 159 Å². The summed E-state index contributed by atoms with van der Waals surface area (Å²) in [6.45, 7) is 13.9. The smallest absolute Gasteiger partial charge is 0.213 e. The van der Waals surface area contributed by atoms with Gasteiger partial charge in [0, 0.05) is 37.2 Å². The fourth-order valence-corrected chi connectivity index (χ4v) is 4.24. The van der Waals surface area contributed by atoms with Crippen molar-refractivity contribution in [1.29, 1.82) is 0 Å². The molecule has 0 aliphatic carbocycles. The van der Waals surface area contributed by atoms with Gasteiger partial charge in [-0.2, -0.15) is 0 Å². The number of nitrogens with zero attached hydrogens (tertiary/aromatic N) is 2. The molecule has 8 heteroatoms. The average Bonchev–Trinajstić information content (AvgIpc) is 2.58. The highest BCUT2D eigenvalue weighted by Crippen LogP contribution is 2.46. The second kappa shape index (κ2) is 8.44. The van der Waals surface area contributed by atoms with Crippen molar-refractivity contribution in [2.75, 3.05) is 38.5 Å². The van der Waals surface area contributed by atoms with Crippen LogP contribution in [0.1, 0.15) is 53.9 Å². The molecule has 152 valence electrons. The zero-order valence-electron chi connectivity index (χ0n) is 17.0. The summed E-state index contributed by atoms with van der Waals surface area (Å²) in [5.41, 5.74) is 0.195. The zero-order chi connectivity index (χ0) is 19.4. The van der Waals surface area contributed by atoms with Gasteiger partial charge in [-0.05, 0) is 40.0 Å². The Morgan fingerprint density at radius 3 is 2.54 bits per heavy atom. The molecular weight excluding hydrogens is 352 g/mol. The topological polar surface area (TPSA) is 83.0 Å². The Hall–Kier alpha value is -0.860. The van der Waals surface area contributed by atoms with Crippen molar-refractivity contribution in [3.63, 3.8) is 0 Å². The largest absolute Gasteiger partial charge is 0.377 e. The number of ether oxygens (including phenoxy) is 1. The molecule has 2 heterocycles. The van der Waals surface area contributed by atoms with E-state index in [1.54, 1.807) is 0 Å². The van der Waals surface area contributed by atoms with Crippen LogP contribution in [0.25, 0.3) is 0 Å². The van der Waals surface area contributed by atoms with Gasteiger partial charge in [-0.1, -0.05) is 13.8 Å². The van der Waals surface area contributed by atoms with Gasteiger partial charge in [0.1, 0.15) is 0 Å². The molecule has 0 bridgehead atoms. The third kappa shape index (κ3) is 5.10. The Morgan fingerprint density at radius 2 is 2.00 bits per heavy atom. The first-order chi connectivity index (χ1) is 12.1. The van der Waals surface area contributed by atoms with E-state index in [1.165, 1.54) is 0 Å². The molecule has 2 saturated heterocycles. The number of aliphatic imine (C=N–C) groups is 1. The highest BCUT2D eigenvalue weighted by molar-refractivity contribution is 7.89. The fraction of sp³-hybridized carbons (Fsp3) is 0.944. The molecule has 0 aromatic rings. The van der Waals surface area contributed by atoms with E-state index >= 15 is 0 Å². The molecule has 1 atom stereocenters. The van der Waals surface area contributed by atoms with Crippen LogP contribution in [0.5, 0.6) is 0 Å². The number of hydrogen-bond donors (Lipinski definition) is 2. The van der Waals surface area contributed by atoms with Crippen molar-refractivity contribution in [2.24, 2.45) is 10.4 Å². The predicted octanol–water partition coefficient (Wildman–Crippen LogP) is 1.56. The second-order valence-electron chi connectivity index (χ2n) is 8.42. The Balaban J connectivity index is 1.87. The van der Waals surface area contributed by atoms with Gasteiger partial charge in [0.15, 0.2) is 5.96 Å². The van der Waals surface area contributed by atoms with E-state index in [0.29, 0.717) is 6.54 Å². The Bertz CT molecular complexity index is 596. The van der Waals surface area contributed by atoms with Gasteiger partial charge < -0.3 is 15.0 Å². The number of nitrogens with one attached hydrogen (secondary N) is 2. The first-order valence-corrected chi connectivity index (χ1v) is 11.4. The maximum atomic E-state index is 12.2. The summed E-state index contributed by atoms with van der Waals surface area (Å²) < 4.78 is 32.7. The molecule has 1 unspecified atom stereocenters. The lowest BCUT2D eigenvalue weighted by Crippen LogP contribution is -2.72. The molecule has 0 radical (unpaired) electrons. The molecule has 2 N–H and O–H groups in total. The van der Waals surface area contributed by atoms with Crippen LogP contribution in [0.3, 0.4) is 0 Å². The minimum atomic E-state index is -3.34. The molecule has 0 aromatic carbocycles. The van der Waals surface area contributed by atoms with E-state index in [4.69, 9.17) is 4.74 Å². The van der Waals surface area contributed by atoms with Gasteiger partial charge in [-0.3, -0.25) is 4.99 Å². The minimum Gasteiger partial charge on any atom is -0.377 e. The summed E-state index contributed by atoms with van der Waals surface area (Å²) in [6.07, 6.45) is 3.09. The van der Waals surface area contributed by atoms with Crippen LogP contribution in [0, 0.1) is 5.41 Å². The maximum Gasteiger partial charge on any atom is 0.213 e. The van der Waals surface area contributed by atoms with Crippen molar-refractivity contribution in [3.8, 4) is 0 Å². The maximum absolute atomic E-state index is 12.2. The van der Waals surface area contributed by atoms with Crippen LogP contribution in [-0.4, -0.2) is 69.5 Å².